The van der Waals surface area contributed by atoms with Crippen molar-refractivity contribution in [3.05, 3.63) is 65.1 Å². The molecule has 0 saturated carbocycles. The number of methoxy groups -OCH3 is 1. The number of hydrogen-bond acceptors (Lipinski definition) is 5. The molecule has 0 fully saturated rings. The first-order valence-electron chi connectivity index (χ1n) is 9.76. The topological polar surface area (TPSA) is 84.7 Å². The number of ether oxygens (including phenoxy) is 1. The average Bonchev–Trinajstić information content (AvgIpc) is 3.13. The third-order valence-corrected chi connectivity index (χ3v) is 4.91. The fourth-order valence-corrected chi connectivity index (χ4v) is 3.26. The van der Waals surface area contributed by atoms with Crippen LogP contribution in [0.25, 0.3) is 11.3 Å². The van der Waals surface area contributed by atoms with Gasteiger partial charge < -0.3 is 19.4 Å². The van der Waals surface area contributed by atoms with Gasteiger partial charge in [0.2, 0.25) is 11.8 Å². The van der Waals surface area contributed by atoms with Crippen LogP contribution in [0.3, 0.4) is 0 Å². The second kappa shape index (κ2) is 10.1. The van der Waals surface area contributed by atoms with Gasteiger partial charge in [0.05, 0.1) is 25.0 Å². The van der Waals surface area contributed by atoms with Crippen LogP contribution in [0.2, 0.25) is 5.02 Å². The molecule has 31 heavy (non-hydrogen) atoms. The van der Waals surface area contributed by atoms with Crippen molar-refractivity contribution in [2.24, 2.45) is 0 Å². The Bertz CT molecular complexity index is 1070. The third-order valence-electron chi connectivity index (χ3n) is 4.67. The number of aromatic nitrogens is 1. The quantitative estimate of drug-likeness (QED) is 0.562. The molecule has 0 aliphatic rings. The predicted molar refractivity (Wildman–Crippen MR) is 119 cm³/mol. The van der Waals surface area contributed by atoms with E-state index in [1.807, 2.05) is 37.3 Å². The summed E-state index contributed by atoms with van der Waals surface area (Å²) in [5, 5.41) is 3.19. The molecule has 1 heterocycles. The Hall–Kier alpha value is -3.32. The normalized spacial score (nSPS) is 10.6. The second-order valence-corrected chi connectivity index (χ2v) is 7.47. The van der Waals surface area contributed by atoms with Gasteiger partial charge >= 0.3 is 0 Å². The average molecular weight is 442 g/mol. The van der Waals surface area contributed by atoms with E-state index in [1.165, 1.54) is 12.0 Å². The molecule has 7 nitrogen and oxygen atoms in total. The zero-order valence-corrected chi connectivity index (χ0v) is 18.4. The number of carbonyl (C=O) groups excluding carboxylic acids is 2. The van der Waals surface area contributed by atoms with Crippen LogP contribution in [0.15, 0.2) is 52.9 Å². The predicted octanol–water partition coefficient (Wildman–Crippen LogP) is 4.34. The van der Waals surface area contributed by atoms with Crippen molar-refractivity contribution in [3.63, 3.8) is 0 Å². The lowest BCUT2D eigenvalue weighted by Gasteiger charge is -2.17. The van der Waals surface area contributed by atoms with E-state index in [-0.39, 0.29) is 24.8 Å². The van der Waals surface area contributed by atoms with E-state index < -0.39 is 0 Å². The number of aryl methyl sites for hydroxylation is 2. The summed E-state index contributed by atoms with van der Waals surface area (Å²) in [6.07, 6.45) is 0.527. The van der Waals surface area contributed by atoms with E-state index in [4.69, 9.17) is 20.8 Å². The Morgan fingerprint density at radius 3 is 2.65 bits per heavy atom. The Labute approximate surface area is 186 Å². The fraction of sp³-hybridized carbons (Fsp3) is 0.261. The molecule has 1 N–H and O–H groups in total. The first kappa shape index (κ1) is 22.4. The van der Waals surface area contributed by atoms with Crippen LogP contribution in [-0.4, -0.2) is 42.4 Å². The maximum Gasteiger partial charge on any atom is 0.244 e. The molecule has 2 aromatic carbocycles. The van der Waals surface area contributed by atoms with Crippen molar-refractivity contribution in [1.29, 1.82) is 0 Å². The molecule has 3 rings (SSSR count). The summed E-state index contributed by atoms with van der Waals surface area (Å²) in [5.41, 5.74) is 2.16. The summed E-state index contributed by atoms with van der Waals surface area (Å²) >= 11 is 5.98. The number of nitrogens with zero attached hydrogens (tertiary/aromatic N) is 2. The maximum absolute atomic E-state index is 12.5. The number of anilines is 1. The monoisotopic (exact) mass is 441 g/mol. The van der Waals surface area contributed by atoms with Crippen LogP contribution in [0.4, 0.5) is 5.69 Å². The van der Waals surface area contributed by atoms with E-state index >= 15 is 0 Å². The zero-order valence-electron chi connectivity index (χ0n) is 17.6. The molecule has 8 heteroatoms. The van der Waals surface area contributed by atoms with Gasteiger partial charge in [0, 0.05) is 30.5 Å². The summed E-state index contributed by atoms with van der Waals surface area (Å²) in [6, 6.07) is 14.6. The number of oxazole rings is 1. The molecule has 0 atom stereocenters. The van der Waals surface area contributed by atoms with E-state index in [9.17, 15) is 9.59 Å². The third kappa shape index (κ3) is 5.86. The molecule has 0 saturated heterocycles. The first-order valence-corrected chi connectivity index (χ1v) is 10.1. The molecule has 0 spiro atoms. The van der Waals surface area contributed by atoms with E-state index in [2.05, 4.69) is 10.3 Å². The fourth-order valence-electron chi connectivity index (χ4n) is 3.09. The lowest BCUT2D eigenvalue weighted by atomic mass is 10.1. The maximum atomic E-state index is 12.5. The molecule has 0 aliphatic carbocycles. The smallest absolute Gasteiger partial charge is 0.244 e. The molecule has 1 aromatic heterocycles. The van der Waals surface area contributed by atoms with Crippen molar-refractivity contribution in [3.8, 4) is 17.1 Å². The van der Waals surface area contributed by atoms with Gasteiger partial charge in [0.25, 0.3) is 0 Å². The number of nitrogens with one attached hydrogen (secondary N) is 1. The lowest BCUT2D eigenvalue weighted by molar-refractivity contribution is -0.133. The minimum Gasteiger partial charge on any atom is -0.495 e. The van der Waals surface area contributed by atoms with Gasteiger partial charge in [0.15, 0.2) is 11.7 Å². The van der Waals surface area contributed by atoms with Gasteiger partial charge in [-0.1, -0.05) is 41.9 Å². The van der Waals surface area contributed by atoms with Crippen molar-refractivity contribution >= 4 is 29.1 Å². The number of amides is 2. The number of hydrogen-bond donors (Lipinski definition) is 1. The van der Waals surface area contributed by atoms with Gasteiger partial charge in [0.1, 0.15) is 5.75 Å². The van der Waals surface area contributed by atoms with Crippen LogP contribution in [0.1, 0.15) is 18.0 Å². The Kier molecular flexibility index (Phi) is 7.31. The summed E-state index contributed by atoms with van der Waals surface area (Å²) in [7, 11) is 3.08. The van der Waals surface area contributed by atoms with Crippen molar-refractivity contribution in [2.75, 3.05) is 26.0 Å². The van der Waals surface area contributed by atoms with Crippen molar-refractivity contribution < 1.29 is 18.7 Å². The van der Waals surface area contributed by atoms with Gasteiger partial charge in [-0.2, -0.15) is 0 Å². The molecule has 162 valence electrons. The van der Waals surface area contributed by atoms with Crippen LogP contribution < -0.4 is 10.1 Å². The minimum atomic E-state index is -0.352. The largest absolute Gasteiger partial charge is 0.495 e. The van der Waals surface area contributed by atoms with Gasteiger partial charge in [-0.25, -0.2) is 4.98 Å². The number of benzene rings is 2. The van der Waals surface area contributed by atoms with Crippen molar-refractivity contribution in [1.82, 2.24) is 9.88 Å². The van der Waals surface area contributed by atoms with Crippen LogP contribution in [0.5, 0.6) is 5.75 Å². The summed E-state index contributed by atoms with van der Waals surface area (Å²) in [6.45, 7) is 1.77. The highest BCUT2D eigenvalue weighted by Crippen LogP contribution is 2.27. The molecule has 0 unspecified atom stereocenters. The molecule has 3 aromatic rings. The summed E-state index contributed by atoms with van der Waals surface area (Å²) in [4.78, 5) is 30.6. The molecule has 0 radical (unpaired) electrons. The molecule has 0 bridgehead atoms. The minimum absolute atomic E-state index is 0.103. The van der Waals surface area contributed by atoms with E-state index in [0.29, 0.717) is 34.5 Å². The summed E-state index contributed by atoms with van der Waals surface area (Å²) < 4.78 is 11.1. The van der Waals surface area contributed by atoms with E-state index in [1.54, 1.807) is 25.2 Å². The van der Waals surface area contributed by atoms with Gasteiger partial charge in [-0.05, 0) is 25.1 Å². The number of rotatable bonds is 8. The summed E-state index contributed by atoms with van der Waals surface area (Å²) in [5.74, 6) is 1.14. The Morgan fingerprint density at radius 2 is 1.94 bits per heavy atom. The van der Waals surface area contributed by atoms with Crippen LogP contribution in [0, 0.1) is 6.92 Å². The highest BCUT2D eigenvalue weighted by Gasteiger charge is 2.17. The second-order valence-electron chi connectivity index (χ2n) is 7.03. The number of halogens is 1. The standard InChI is InChI=1S/C23H24ClN3O4/c1-15-23(16-7-5-4-6-8-16)31-21(25-15)11-12-22(29)27(2)14-20(28)26-18-13-17(24)9-10-19(18)30-3/h4-10,13H,11-12,14H2,1-3H3,(H,26,28). The van der Waals surface area contributed by atoms with Crippen LogP contribution in [-0.2, 0) is 16.0 Å². The molecular formula is C23H24ClN3O4. The van der Waals surface area contributed by atoms with Gasteiger partial charge in [-0.15, -0.1) is 0 Å². The van der Waals surface area contributed by atoms with E-state index in [0.717, 1.165) is 11.3 Å². The van der Waals surface area contributed by atoms with Gasteiger partial charge in [-0.3, -0.25) is 9.59 Å². The lowest BCUT2D eigenvalue weighted by Crippen LogP contribution is -2.35. The Morgan fingerprint density at radius 1 is 1.19 bits per heavy atom. The highest BCUT2D eigenvalue weighted by molar-refractivity contribution is 6.31. The Balaban J connectivity index is 1.54. The highest BCUT2D eigenvalue weighted by atomic mass is 35.5. The van der Waals surface area contributed by atoms with Crippen LogP contribution >= 0.6 is 11.6 Å². The molecule has 0 aliphatic heterocycles. The zero-order chi connectivity index (χ0) is 22.4. The molecular weight excluding hydrogens is 418 g/mol. The van der Waals surface area contributed by atoms with Crippen molar-refractivity contribution in [2.45, 2.75) is 19.8 Å². The molecule has 2 amide bonds. The number of likely N-dealkylation sites (N-methyl/N-ethyl adjacent to an activating group) is 1. The first-order chi connectivity index (χ1) is 14.9. The number of carbonyl (C=O) groups is 2. The SMILES string of the molecule is COc1ccc(Cl)cc1NC(=O)CN(C)C(=O)CCc1nc(C)c(-c2ccccc2)o1.